The summed E-state index contributed by atoms with van der Waals surface area (Å²) in [6, 6.07) is 7.56. The first kappa shape index (κ1) is 9.34. The molecule has 0 aromatic heterocycles. The molecule has 76 valence electrons. The number of hydrogen-bond donors (Lipinski definition) is 1. The summed E-state index contributed by atoms with van der Waals surface area (Å²) in [4.78, 5) is 0. The van der Waals surface area contributed by atoms with Gasteiger partial charge in [0.2, 0.25) is 0 Å². The highest BCUT2D eigenvalue weighted by Crippen LogP contribution is 2.31. The lowest BCUT2D eigenvalue weighted by Crippen LogP contribution is -2.37. The van der Waals surface area contributed by atoms with Gasteiger partial charge in [-0.2, -0.15) is 0 Å². The van der Waals surface area contributed by atoms with Crippen molar-refractivity contribution in [2.75, 3.05) is 7.11 Å². The van der Waals surface area contributed by atoms with Crippen LogP contribution < -0.4 is 9.47 Å². The van der Waals surface area contributed by atoms with Crippen molar-refractivity contribution >= 4 is 0 Å². The van der Waals surface area contributed by atoms with E-state index < -0.39 is 0 Å². The van der Waals surface area contributed by atoms with Crippen molar-refractivity contribution in [3.05, 3.63) is 24.3 Å². The van der Waals surface area contributed by atoms with Gasteiger partial charge < -0.3 is 14.6 Å². The fourth-order valence-corrected chi connectivity index (χ4v) is 1.53. The van der Waals surface area contributed by atoms with Crippen LogP contribution in [0.2, 0.25) is 0 Å². The van der Waals surface area contributed by atoms with Crippen LogP contribution in [0, 0.1) is 0 Å². The number of para-hydroxylation sites is 2. The van der Waals surface area contributed by atoms with Crippen LogP contribution in [0.3, 0.4) is 0 Å². The normalized spacial score (nSPS) is 25.3. The Morgan fingerprint density at radius 2 is 1.86 bits per heavy atom. The Morgan fingerprint density at radius 1 is 1.21 bits per heavy atom. The smallest absolute Gasteiger partial charge is 0.161 e. The quantitative estimate of drug-likeness (QED) is 0.794. The molecule has 0 saturated heterocycles. The van der Waals surface area contributed by atoms with Crippen LogP contribution in [-0.2, 0) is 0 Å². The maximum absolute atomic E-state index is 9.11. The third-order valence-corrected chi connectivity index (χ3v) is 2.43. The molecule has 0 unspecified atom stereocenters. The molecule has 0 amide bonds. The molecule has 0 bridgehead atoms. The second-order valence-corrected chi connectivity index (χ2v) is 3.52. The summed E-state index contributed by atoms with van der Waals surface area (Å²) < 4.78 is 10.8. The second-order valence-electron chi connectivity index (χ2n) is 3.52. The van der Waals surface area contributed by atoms with Crippen LogP contribution in [0.15, 0.2) is 24.3 Å². The fourth-order valence-electron chi connectivity index (χ4n) is 1.53. The first-order chi connectivity index (χ1) is 6.79. The molecular formula is C11H14O3. The van der Waals surface area contributed by atoms with Gasteiger partial charge in [-0.3, -0.25) is 0 Å². The minimum Gasteiger partial charge on any atom is -0.493 e. The maximum atomic E-state index is 9.11. The summed E-state index contributed by atoms with van der Waals surface area (Å²) in [5.74, 6) is 1.50. The van der Waals surface area contributed by atoms with Crippen LogP contribution in [0.4, 0.5) is 0 Å². The van der Waals surface area contributed by atoms with Crippen LogP contribution >= 0.6 is 0 Å². The van der Waals surface area contributed by atoms with Gasteiger partial charge in [0, 0.05) is 12.8 Å². The molecule has 2 rings (SSSR count). The fraction of sp³-hybridized carbons (Fsp3) is 0.455. The monoisotopic (exact) mass is 194 g/mol. The molecule has 0 aliphatic heterocycles. The van der Waals surface area contributed by atoms with Crippen molar-refractivity contribution in [3.8, 4) is 11.5 Å². The predicted molar refractivity (Wildman–Crippen MR) is 52.7 cm³/mol. The molecular weight excluding hydrogens is 180 g/mol. The van der Waals surface area contributed by atoms with Crippen molar-refractivity contribution in [2.45, 2.75) is 25.0 Å². The van der Waals surface area contributed by atoms with Crippen molar-refractivity contribution < 1.29 is 14.6 Å². The summed E-state index contributed by atoms with van der Waals surface area (Å²) in [7, 11) is 1.62. The minimum absolute atomic E-state index is 0.140. The number of aliphatic hydroxyl groups is 1. The van der Waals surface area contributed by atoms with Crippen LogP contribution in [0.25, 0.3) is 0 Å². The summed E-state index contributed by atoms with van der Waals surface area (Å²) in [6.45, 7) is 0. The first-order valence-electron chi connectivity index (χ1n) is 4.77. The Labute approximate surface area is 83.3 Å². The van der Waals surface area contributed by atoms with E-state index in [-0.39, 0.29) is 12.2 Å². The zero-order valence-corrected chi connectivity index (χ0v) is 8.14. The average molecular weight is 194 g/mol. The maximum Gasteiger partial charge on any atom is 0.161 e. The van der Waals surface area contributed by atoms with Crippen LogP contribution in [-0.4, -0.2) is 24.4 Å². The zero-order valence-electron chi connectivity index (χ0n) is 8.14. The van der Waals surface area contributed by atoms with Crippen molar-refractivity contribution in [2.24, 2.45) is 0 Å². The third-order valence-electron chi connectivity index (χ3n) is 2.43. The molecule has 0 heterocycles. The average Bonchev–Trinajstić information content (AvgIpc) is 2.16. The Bertz CT molecular complexity index is 305. The number of benzene rings is 1. The summed E-state index contributed by atoms with van der Waals surface area (Å²) in [6.07, 6.45) is 1.40. The van der Waals surface area contributed by atoms with Gasteiger partial charge in [-0.25, -0.2) is 0 Å². The van der Waals surface area contributed by atoms with E-state index in [1.807, 2.05) is 24.3 Å². The predicted octanol–water partition coefficient (Wildman–Crippen LogP) is 1.60. The molecule has 1 aliphatic rings. The Hall–Kier alpha value is -1.22. The van der Waals surface area contributed by atoms with E-state index in [4.69, 9.17) is 14.6 Å². The number of hydrogen-bond acceptors (Lipinski definition) is 3. The molecule has 1 aromatic rings. The lowest BCUT2D eigenvalue weighted by Gasteiger charge is -2.31. The van der Waals surface area contributed by atoms with E-state index in [0.717, 1.165) is 24.3 Å². The number of rotatable bonds is 3. The van der Waals surface area contributed by atoms with E-state index in [0.29, 0.717) is 0 Å². The molecule has 3 heteroatoms. The molecule has 3 nitrogen and oxygen atoms in total. The molecule has 14 heavy (non-hydrogen) atoms. The molecule has 0 atom stereocenters. The van der Waals surface area contributed by atoms with Gasteiger partial charge in [-0.05, 0) is 12.1 Å². The Kier molecular flexibility index (Phi) is 2.59. The van der Waals surface area contributed by atoms with Crippen molar-refractivity contribution in [1.29, 1.82) is 0 Å². The number of ether oxygens (including phenoxy) is 2. The lowest BCUT2D eigenvalue weighted by molar-refractivity contribution is -0.0118. The molecule has 1 aliphatic carbocycles. The molecule has 0 radical (unpaired) electrons. The van der Waals surface area contributed by atoms with E-state index in [9.17, 15) is 0 Å². The van der Waals surface area contributed by atoms with Gasteiger partial charge in [0.25, 0.3) is 0 Å². The van der Waals surface area contributed by atoms with Crippen LogP contribution in [0.1, 0.15) is 12.8 Å². The number of aliphatic hydroxyl groups excluding tert-OH is 1. The topological polar surface area (TPSA) is 38.7 Å². The Morgan fingerprint density at radius 3 is 2.43 bits per heavy atom. The summed E-state index contributed by atoms with van der Waals surface area (Å²) >= 11 is 0. The molecule has 0 spiro atoms. The van der Waals surface area contributed by atoms with Gasteiger partial charge in [0.05, 0.1) is 13.2 Å². The second kappa shape index (κ2) is 3.88. The van der Waals surface area contributed by atoms with Crippen molar-refractivity contribution in [1.82, 2.24) is 0 Å². The van der Waals surface area contributed by atoms with E-state index in [2.05, 4.69) is 0 Å². The lowest BCUT2D eigenvalue weighted by atomic mass is 9.92. The standard InChI is InChI=1S/C11H14O3/c1-13-10-4-2-3-5-11(10)14-9-6-8(12)7-9/h2-5,8-9,12H,6-7H2,1H3. The minimum atomic E-state index is -0.185. The SMILES string of the molecule is COc1ccccc1OC1CC(O)C1. The molecule has 1 fully saturated rings. The summed E-state index contributed by atoms with van der Waals surface area (Å²) in [5.41, 5.74) is 0. The highest BCUT2D eigenvalue weighted by Gasteiger charge is 2.29. The van der Waals surface area contributed by atoms with E-state index >= 15 is 0 Å². The van der Waals surface area contributed by atoms with Gasteiger partial charge in [-0.15, -0.1) is 0 Å². The van der Waals surface area contributed by atoms with E-state index in [1.165, 1.54) is 0 Å². The van der Waals surface area contributed by atoms with Crippen molar-refractivity contribution in [3.63, 3.8) is 0 Å². The Balaban J connectivity index is 2.01. The highest BCUT2D eigenvalue weighted by atomic mass is 16.5. The number of methoxy groups -OCH3 is 1. The van der Waals surface area contributed by atoms with E-state index in [1.54, 1.807) is 7.11 Å². The van der Waals surface area contributed by atoms with Gasteiger partial charge in [0.15, 0.2) is 11.5 Å². The first-order valence-corrected chi connectivity index (χ1v) is 4.77. The van der Waals surface area contributed by atoms with Gasteiger partial charge in [-0.1, -0.05) is 12.1 Å². The molecule has 1 saturated carbocycles. The summed E-state index contributed by atoms with van der Waals surface area (Å²) in [5, 5.41) is 9.11. The molecule has 1 aromatic carbocycles. The van der Waals surface area contributed by atoms with Gasteiger partial charge in [0.1, 0.15) is 6.10 Å². The zero-order chi connectivity index (χ0) is 9.97. The highest BCUT2D eigenvalue weighted by molar-refractivity contribution is 5.39. The molecule has 1 N–H and O–H groups in total. The van der Waals surface area contributed by atoms with Gasteiger partial charge >= 0.3 is 0 Å². The largest absolute Gasteiger partial charge is 0.493 e. The van der Waals surface area contributed by atoms with Crippen LogP contribution in [0.5, 0.6) is 11.5 Å². The third kappa shape index (κ3) is 1.82.